The van der Waals surface area contributed by atoms with Gasteiger partial charge in [-0.1, -0.05) is 17.7 Å². The first-order chi connectivity index (χ1) is 8.50. The maximum absolute atomic E-state index is 13.3. The van der Waals surface area contributed by atoms with E-state index < -0.39 is 17.7 Å². The van der Waals surface area contributed by atoms with Crippen molar-refractivity contribution in [2.45, 2.75) is 19.3 Å². The van der Waals surface area contributed by atoms with Crippen LogP contribution in [0.1, 0.15) is 18.4 Å². The molecule has 0 unspecified atom stereocenters. The standard InChI is InChI=1S/C12H13ClFNO3/c13-9-2-1-3-10(14)8(9)6-7-15-11(16)4-5-12(17)18/h1-3H,4-7H2,(H,15,16)(H,17,18)/p-1. The average molecular weight is 273 g/mol. The van der Waals surface area contributed by atoms with Gasteiger partial charge in [0.2, 0.25) is 5.91 Å². The van der Waals surface area contributed by atoms with Crippen LogP contribution in [0.4, 0.5) is 4.39 Å². The molecule has 0 fully saturated rings. The van der Waals surface area contributed by atoms with Crippen LogP contribution >= 0.6 is 11.6 Å². The third-order valence-corrected chi connectivity index (χ3v) is 2.67. The maximum Gasteiger partial charge on any atom is 0.220 e. The fraction of sp³-hybridized carbons (Fsp3) is 0.333. The second-order valence-electron chi connectivity index (χ2n) is 3.67. The molecule has 4 nitrogen and oxygen atoms in total. The maximum atomic E-state index is 13.3. The fourth-order valence-corrected chi connectivity index (χ4v) is 1.66. The number of carboxylic acids is 1. The summed E-state index contributed by atoms with van der Waals surface area (Å²) < 4.78 is 13.3. The Kier molecular flexibility index (Phi) is 5.58. The SMILES string of the molecule is O=C([O-])CCC(=O)NCCc1c(F)cccc1Cl. The first kappa shape index (κ1) is 14.4. The van der Waals surface area contributed by atoms with Gasteiger partial charge in [0.15, 0.2) is 0 Å². The number of rotatable bonds is 6. The number of amides is 1. The highest BCUT2D eigenvalue weighted by molar-refractivity contribution is 6.31. The van der Waals surface area contributed by atoms with Gasteiger partial charge in [0.1, 0.15) is 5.82 Å². The van der Waals surface area contributed by atoms with Gasteiger partial charge in [-0.15, -0.1) is 0 Å². The first-order valence-electron chi connectivity index (χ1n) is 5.40. The van der Waals surface area contributed by atoms with Gasteiger partial charge in [-0.2, -0.15) is 0 Å². The highest BCUT2D eigenvalue weighted by atomic mass is 35.5. The minimum atomic E-state index is -1.28. The second-order valence-corrected chi connectivity index (χ2v) is 4.08. The lowest BCUT2D eigenvalue weighted by Crippen LogP contribution is -2.29. The Morgan fingerprint density at radius 2 is 2.06 bits per heavy atom. The molecule has 0 heterocycles. The minimum absolute atomic E-state index is 0.145. The van der Waals surface area contributed by atoms with Crippen LogP contribution in [0.5, 0.6) is 0 Å². The highest BCUT2D eigenvalue weighted by Gasteiger charge is 2.07. The zero-order chi connectivity index (χ0) is 13.5. The Bertz CT molecular complexity index is 431. The minimum Gasteiger partial charge on any atom is -0.550 e. The number of nitrogens with one attached hydrogen (secondary N) is 1. The van der Waals surface area contributed by atoms with Crippen LogP contribution in [-0.2, 0) is 16.0 Å². The molecular formula is C12H12ClFNO3-. The van der Waals surface area contributed by atoms with Crippen LogP contribution in [0.2, 0.25) is 5.02 Å². The van der Waals surface area contributed by atoms with Crippen LogP contribution in [0, 0.1) is 5.82 Å². The van der Waals surface area contributed by atoms with E-state index in [1.165, 1.54) is 12.1 Å². The summed E-state index contributed by atoms with van der Waals surface area (Å²) in [5.41, 5.74) is 0.333. The lowest BCUT2D eigenvalue weighted by atomic mass is 10.1. The van der Waals surface area contributed by atoms with Crippen LogP contribution in [0.3, 0.4) is 0 Å². The normalized spacial score (nSPS) is 10.1. The molecular weight excluding hydrogens is 261 g/mol. The summed E-state index contributed by atoms with van der Waals surface area (Å²) in [5.74, 6) is -2.11. The van der Waals surface area contributed by atoms with Crippen molar-refractivity contribution in [1.82, 2.24) is 5.32 Å². The van der Waals surface area contributed by atoms with E-state index in [2.05, 4.69) is 5.32 Å². The molecule has 6 heteroatoms. The van der Waals surface area contributed by atoms with Crippen molar-refractivity contribution in [3.8, 4) is 0 Å². The number of benzene rings is 1. The number of carbonyl (C=O) groups excluding carboxylic acids is 2. The van der Waals surface area contributed by atoms with Crippen LogP contribution in [-0.4, -0.2) is 18.4 Å². The Morgan fingerprint density at radius 3 is 2.67 bits per heavy atom. The van der Waals surface area contributed by atoms with E-state index in [0.717, 1.165) is 0 Å². The highest BCUT2D eigenvalue weighted by Crippen LogP contribution is 2.18. The molecule has 1 amide bonds. The van der Waals surface area contributed by atoms with Crippen LogP contribution < -0.4 is 10.4 Å². The molecule has 0 aromatic heterocycles. The topological polar surface area (TPSA) is 69.2 Å². The van der Waals surface area contributed by atoms with Gasteiger partial charge in [-0.05, 0) is 25.0 Å². The molecule has 0 saturated carbocycles. The Hall–Kier alpha value is -1.62. The first-order valence-corrected chi connectivity index (χ1v) is 5.78. The van der Waals surface area contributed by atoms with E-state index in [-0.39, 0.29) is 25.8 Å². The Morgan fingerprint density at radius 1 is 1.33 bits per heavy atom. The number of hydrogen-bond donors (Lipinski definition) is 1. The quantitative estimate of drug-likeness (QED) is 0.827. The molecule has 1 aromatic carbocycles. The van der Waals surface area contributed by atoms with E-state index in [4.69, 9.17) is 11.6 Å². The number of hydrogen-bond acceptors (Lipinski definition) is 3. The molecule has 0 spiro atoms. The number of aliphatic carboxylic acids is 1. The second kappa shape index (κ2) is 6.96. The van der Waals surface area contributed by atoms with Gasteiger partial charge < -0.3 is 15.2 Å². The van der Waals surface area contributed by atoms with Crippen molar-refractivity contribution in [2.75, 3.05) is 6.54 Å². The molecule has 0 aliphatic heterocycles. The third kappa shape index (κ3) is 4.71. The van der Waals surface area contributed by atoms with Gasteiger partial charge in [-0.3, -0.25) is 4.79 Å². The average Bonchev–Trinajstić information content (AvgIpc) is 2.30. The summed E-state index contributed by atoms with van der Waals surface area (Å²) in [6.45, 7) is 0.201. The zero-order valence-electron chi connectivity index (χ0n) is 9.54. The van der Waals surface area contributed by atoms with E-state index >= 15 is 0 Å². The molecule has 18 heavy (non-hydrogen) atoms. The number of carboxylic acid groups (broad SMARTS) is 1. The van der Waals surface area contributed by atoms with Crippen molar-refractivity contribution in [3.05, 3.63) is 34.6 Å². The smallest absolute Gasteiger partial charge is 0.220 e. The van der Waals surface area contributed by atoms with Crippen molar-refractivity contribution in [1.29, 1.82) is 0 Å². The molecule has 1 aromatic rings. The molecule has 0 saturated heterocycles. The molecule has 98 valence electrons. The molecule has 0 bridgehead atoms. The van der Waals surface area contributed by atoms with E-state index in [0.29, 0.717) is 10.6 Å². The van der Waals surface area contributed by atoms with Crippen molar-refractivity contribution in [2.24, 2.45) is 0 Å². The fourth-order valence-electron chi connectivity index (χ4n) is 1.40. The predicted molar refractivity (Wildman–Crippen MR) is 62.4 cm³/mol. The Balaban J connectivity index is 2.38. The van der Waals surface area contributed by atoms with Crippen molar-refractivity contribution in [3.63, 3.8) is 0 Å². The summed E-state index contributed by atoms with van der Waals surface area (Å²) in [5, 5.41) is 12.9. The molecule has 0 atom stereocenters. The van der Waals surface area contributed by atoms with E-state index in [9.17, 15) is 19.1 Å². The number of carbonyl (C=O) groups is 2. The third-order valence-electron chi connectivity index (χ3n) is 2.32. The van der Waals surface area contributed by atoms with Gasteiger partial charge in [0, 0.05) is 29.5 Å². The monoisotopic (exact) mass is 272 g/mol. The van der Waals surface area contributed by atoms with Crippen LogP contribution in [0.25, 0.3) is 0 Å². The summed E-state index contributed by atoms with van der Waals surface area (Å²) in [4.78, 5) is 21.3. The van der Waals surface area contributed by atoms with Crippen molar-refractivity contribution < 1.29 is 19.1 Å². The van der Waals surface area contributed by atoms with Gasteiger partial charge >= 0.3 is 0 Å². The van der Waals surface area contributed by atoms with Gasteiger partial charge in [0.05, 0.1) is 0 Å². The van der Waals surface area contributed by atoms with Crippen molar-refractivity contribution >= 4 is 23.5 Å². The predicted octanol–water partition coefficient (Wildman–Crippen LogP) is 0.668. The summed E-state index contributed by atoms with van der Waals surface area (Å²) in [6.07, 6.45) is -0.220. The largest absolute Gasteiger partial charge is 0.550 e. The number of halogens is 2. The summed E-state index contributed by atoms with van der Waals surface area (Å²) >= 11 is 5.81. The molecule has 0 radical (unpaired) electrons. The Labute approximate surface area is 109 Å². The zero-order valence-corrected chi connectivity index (χ0v) is 10.3. The molecule has 1 rings (SSSR count). The molecule has 0 aliphatic rings. The van der Waals surface area contributed by atoms with Gasteiger partial charge in [-0.25, -0.2) is 4.39 Å². The summed E-state index contributed by atoms with van der Waals surface area (Å²) in [6, 6.07) is 4.36. The van der Waals surface area contributed by atoms with E-state index in [1.807, 2.05) is 0 Å². The van der Waals surface area contributed by atoms with Gasteiger partial charge in [0.25, 0.3) is 0 Å². The molecule has 0 aliphatic carbocycles. The summed E-state index contributed by atoms with van der Waals surface area (Å²) in [7, 11) is 0. The van der Waals surface area contributed by atoms with E-state index in [1.54, 1.807) is 6.07 Å². The lowest BCUT2D eigenvalue weighted by molar-refractivity contribution is -0.305. The molecule has 1 N–H and O–H groups in total. The lowest BCUT2D eigenvalue weighted by Gasteiger charge is -2.08. The van der Waals surface area contributed by atoms with Crippen LogP contribution in [0.15, 0.2) is 18.2 Å².